The van der Waals surface area contributed by atoms with E-state index in [9.17, 15) is 0 Å². The average Bonchev–Trinajstić information content (AvgIpc) is 2.69. The van der Waals surface area contributed by atoms with Crippen molar-refractivity contribution in [3.63, 3.8) is 0 Å². The number of aromatic nitrogens is 3. The van der Waals surface area contributed by atoms with Crippen molar-refractivity contribution in [1.82, 2.24) is 14.8 Å². The Bertz CT molecular complexity index is 461. The lowest BCUT2D eigenvalue weighted by Gasteiger charge is -2.14. The van der Waals surface area contributed by atoms with Gasteiger partial charge in [0.2, 0.25) is 0 Å². The van der Waals surface area contributed by atoms with Gasteiger partial charge >= 0.3 is 0 Å². The molecule has 2 aromatic rings. The molecule has 0 amide bonds. The van der Waals surface area contributed by atoms with Gasteiger partial charge in [-0.3, -0.25) is 0 Å². The molecule has 0 saturated carbocycles. The molecule has 1 heterocycles. The summed E-state index contributed by atoms with van der Waals surface area (Å²) in [7, 11) is 0. The van der Waals surface area contributed by atoms with Crippen LogP contribution in [0, 0.1) is 13.8 Å². The van der Waals surface area contributed by atoms with Gasteiger partial charge in [0.05, 0.1) is 5.69 Å². The Morgan fingerprint density at radius 2 is 1.75 bits per heavy atom. The molecular weight excluding hydrogens is 198 g/mol. The summed E-state index contributed by atoms with van der Waals surface area (Å²) >= 11 is 0. The van der Waals surface area contributed by atoms with Crippen LogP contribution < -0.4 is 0 Å². The molecule has 1 aromatic carbocycles. The SMILES string of the molecule is Cc1cc(C(C)C)cc(C)c1-n1cncn1. The van der Waals surface area contributed by atoms with Gasteiger partial charge in [0, 0.05) is 0 Å². The van der Waals surface area contributed by atoms with E-state index in [2.05, 4.69) is 49.9 Å². The Balaban J connectivity index is 2.56. The van der Waals surface area contributed by atoms with Gasteiger partial charge in [-0.1, -0.05) is 26.0 Å². The monoisotopic (exact) mass is 215 g/mol. The number of hydrogen-bond donors (Lipinski definition) is 0. The predicted octanol–water partition coefficient (Wildman–Crippen LogP) is 3.01. The van der Waals surface area contributed by atoms with Crippen LogP contribution in [-0.4, -0.2) is 14.8 Å². The maximum atomic E-state index is 4.19. The summed E-state index contributed by atoms with van der Waals surface area (Å²) in [6, 6.07) is 4.46. The topological polar surface area (TPSA) is 30.7 Å². The van der Waals surface area contributed by atoms with Crippen LogP contribution in [0.25, 0.3) is 5.69 Å². The van der Waals surface area contributed by atoms with Crippen molar-refractivity contribution in [2.45, 2.75) is 33.6 Å². The van der Waals surface area contributed by atoms with Crippen LogP contribution in [0.3, 0.4) is 0 Å². The summed E-state index contributed by atoms with van der Waals surface area (Å²) in [5.41, 5.74) is 5.00. The number of benzene rings is 1. The number of hydrogen-bond acceptors (Lipinski definition) is 2. The molecule has 0 aliphatic rings. The molecule has 0 aliphatic heterocycles. The van der Waals surface area contributed by atoms with Gasteiger partial charge < -0.3 is 0 Å². The minimum absolute atomic E-state index is 0.558. The second-order valence-corrected chi connectivity index (χ2v) is 4.50. The summed E-state index contributed by atoms with van der Waals surface area (Å²) in [6.45, 7) is 8.67. The molecule has 0 saturated heterocycles. The molecule has 0 aliphatic carbocycles. The van der Waals surface area contributed by atoms with Gasteiger partial charge in [-0.25, -0.2) is 9.67 Å². The van der Waals surface area contributed by atoms with Crippen LogP contribution in [-0.2, 0) is 0 Å². The van der Waals surface area contributed by atoms with Gasteiger partial charge in [-0.15, -0.1) is 0 Å². The molecule has 0 radical (unpaired) electrons. The van der Waals surface area contributed by atoms with E-state index in [1.165, 1.54) is 16.7 Å². The van der Waals surface area contributed by atoms with Gasteiger partial charge in [0.1, 0.15) is 12.7 Å². The second kappa shape index (κ2) is 4.08. The molecule has 0 atom stereocenters. The molecule has 3 heteroatoms. The lowest BCUT2D eigenvalue weighted by molar-refractivity contribution is 0.839. The number of nitrogens with zero attached hydrogens (tertiary/aromatic N) is 3. The van der Waals surface area contributed by atoms with Crippen LogP contribution in [0.5, 0.6) is 0 Å². The fraction of sp³-hybridized carbons (Fsp3) is 0.385. The molecule has 0 spiro atoms. The summed E-state index contributed by atoms with van der Waals surface area (Å²) in [5.74, 6) is 0.558. The molecule has 0 N–H and O–H groups in total. The first-order chi connectivity index (χ1) is 7.59. The van der Waals surface area contributed by atoms with Gasteiger partial charge in [-0.2, -0.15) is 5.10 Å². The van der Waals surface area contributed by atoms with E-state index in [-0.39, 0.29) is 0 Å². The van der Waals surface area contributed by atoms with Crippen LogP contribution in [0.1, 0.15) is 36.5 Å². The molecule has 16 heavy (non-hydrogen) atoms. The Kier molecular flexibility index (Phi) is 2.77. The van der Waals surface area contributed by atoms with Crippen LogP contribution >= 0.6 is 0 Å². The fourth-order valence-electron chi connectivity index (χ4n) is 2.01. The summed E-state index contributed by atoms with van der Waals surface area (Å²) in [4.78, 5) is 3.99. The summed E-state index contributed by atoms with van der Waals surface area (Å²) in [6.07, 6.45) is 3.31. The molecule has 2 rings (SSSR count). The van der Waals surface area contributed by atoms with Gasteiger partial charge in [-0.05, 0) is 36.5 Å². The van der Waals surface area contributed by atoms with E-state index in [1.807, 2.05) is 4.68 Å². The van der Waals surface area contributed by atoms with E-state index >= 15 is 0 Å². The van der Waals surface area contributed by atoms with E-state index < -0.39 is 0 Å². The molecule has 0 fully saturated rings. The maximum Gasteiger partial charge on any atom is 0.138 e. The van der Waals surface area contributed by atoms with E-state index in [1.54, 1.807) is 12.7 Å². The Morgan fingerprint density at radius 1 is 1.12 bits per heavy atom. The van der Waals surface area contributed by atoms with E-state index in [0.29, 0.717) is 5.92 Å². The third-order valence-corrected chi connectivity index (χ3v) is 2.83. The Labute approximate surface area is 96.1 Å². The lowest BCUT2D eigenvalue weighted by atomic mass is 9.97. The first-order valence-electron chi connectivity index (χ1n) is 5.55. The van der Waals surface area contributed by atoms with E-state index in [0.717, 1.165) is 5.69 Å². The van der Waals surface area contributed by atoms with Crippen molar-refractivity contribution in [2.75, 3.05) is 0 Å². The van der Waals surface area contributed by atoms with Crippen molar-refractivity contribution in [3.05, 3.63) is 41.5 Å². The first kappa shape index (κ1) is 10.9. The standard InChI is InChI=1S/C13H17N3/c1-9(2)12-5-10(3)13(11(4)6-12)16-8-14-7-15-16/h5-9H,1-4H3. The van der Waals surface area contributed by atoms with Crippen LogP contribution in [0.4, 0.5) is 0 Å². The molecular formula is C13H17N3. The zero-order valence-corrected chi connectivity index (χ0v) is 10.2. The largest absolute Gasteiger partial charge is 0.223 e. The van der Waals surface area contributed by atoms with Gasteiger partial charge in [0.15, 0.2) is 0 Å². The van der Waals surface area contributed by atoms with Crippen molar-refractivity contribution in [3.8, 4) is 5.69 Å². The zero-order chi connectivity index (χ0) is 11.7. The second-order valence-electron chi connectivity index (χ2n) is 4.50. The number of rotatable bonds is 2. The molecule has 84 valence electrons. The summed E-state index contributed by atoms with van der Waals surface area (Å²) < 4.78 is 1.83. The van der Waals surface area contributed by atoms with Gasteiger partial charge in [0.25, 0.3) is 0 Å². The molecule has 0 bridgehead atoms. The third-order valence-electron chi connectivity index (χ3n) is 2.83. The Morgan fingerprint density at radius 3 is 2.19 bits per heavy atom. The maximum absolute atomic E-state index is 4.19. The lowest BCUT2D eigenvalue weighted by Crippen LogP contribution is -2.02. The molecule has 1 aromatic heterocycles. The van der Waals surface area contributed by atoms with Crippen molar-refractivity contribution in [2.24, 2.45) is 0 Å². The number of aryl methyl sites for hydroxylation is 2. The normalized spacial score (nSPS) is 11.1. The average molecular weight is 215 g/mol. The highest BCUT2D eigenvalue weighted by atomic mass is 15.3. The molecule has 3 nitrogen and oxygen atoms in total. The highest BCUT2D eigenvalue weighted by molar-refractivity contribution is 5.49. The minimum Gasteiger partial charge on any atom is -0.223 e. The van der Waals surface area contributed by atoms with Crippen molar-refractivity contribution >= 4 is 0 Å². The first-order valence-corrected chi connectivity index (χ1v) is 5.55. The quantitative estimate of drug-likeness (QED) is 0.771. The zero-order valence-electron chi connectivity index (χ0n) is 10.2. The predicted molar refractivity (Wildman–Crippen MR) is 64.9 cm³/mol. The minimum atomic E-state index is 0.558. The van der Waals surface area contributed by atoms with Crippen LogP contribution in [0.2, 0.25) is 0 Å². The highest BCUT2D eigenvalue weighted by Gasteiger charge is 2.09. The van der Waals surface area contributed by atoms with E-state index in [4.69, 9.17) is 0 Å². The smallest absolute Gasteiger partial charge is 0.138 e. The van der Waals surface area contributed by atoms with Crippen molar-refractivity contribution < 1.29 is 0 Å². The third kappa shape index (κ3) is 1.85. The fourth-order valence-corrected chi connectivity index (χ4v) is 2.01. The highest BCUT2D eigenvalue weighted by Crippen LogP contribution is 2.24. The molecule has 0 unspecified atom stereocenters. The van der Waals surface area contributed by atoms with Crippen LogP contribution in [0.15, 0.2) is 24.8 Å². The Hall–Kier alpha value is -1.64. The summed E-state index contributed by atoms with van der Waals surface area (Å²) in [5, 5.41) is 4.19. The van der Waals surface area contributed by atoms with Crippen molar-refractivity contribution in [1.29, 1.82) is 0 Å².